The first-order valence-electron chi connectivity index (χ1n) is 11.4. The summed E-state index contributed by atoms with van der Waals surface area (Å²) in [5, 5.41) is 14.2. The Balaban J connectivity index is 1.55. The van der Waals surface area contributed by atoms with E-state index < -0.39 is 5.97 Å². The van der Waals surface area contributed by atoms with E-state index in [1.807, 2.05) is 47.1 Å². The maximum Gasteiger partial charge on any atom is 0.355 e. The maximum atomic E-state index is 11.5. The van der Waals surface area contributed by atoms with E-state index in [2.05, 4.69) is 24.0 Å². The van der Waals surface area contributed by atoms with Crippen molar-refractivity contribution in [2.75, 3.05) is 0 Å². The largest absolute Gasteiger partial charge is 0.476 e. The molecule has 4 rings (SSSR count). The molecule has 0 unspecified atom stereocenters. The molecule has 2 heterocycles. The van der Waals surface area contributed by atoms with E-state index >= 15 is 0 Å². The monoisotopic (exact) mass is 440 g/mol. The van der Waals surface area contributed by atoms with Crippen LogP contribution in [-0.4, -0.2) is 30.8 Å². The van der Waals surface area contributed by atoms with Gasteiger partial charge in [-0.2, -0.15) is 5.10 Å². The van der Waals surface area contributed by atoms with Crippen LogP contribution < -0.4 is 0 Å². The quantitative estimate of drug-likeness (QED) is 0.334. The van der Waals surface area contributed by atoms with Gasteiger partial charge in [0.15, 0.2) is 11.5 Å². The fourth-order valence-corrected chi connectivity index (χ4v) is 3.90. The summed E-state index contributed by atoms with van der Waals surface area (Å²) >= 11 is 0. The number of carboxylic acid groups (broad SMARTS) is 1. The molecule has 33 heavy (non-hydrogen) atoms. The van der Waals surface area contributed by atoms with Crippen molar-refractivity contribution in [1.82, 2.24) is 19.7 Å². The molecule has 0 aliphatic heterocycles. The van der Waals surface area contributed by atoms with Gasteiger partial charge < -0.3 is 5.11 Å². The van der Waals surface area contributed by atoms with Crippen LogP contribution in [0.1, 0.15) is 59.5 Å². The van der Waals surface area contributed by atoms with Gasteiger partial charge >= 0.3 is 5.97 Å². The van der Waals surface area contributed by atoms with Gasteiger partial charge in [0.2, 0.25) is 0 Å². The summed E-state index contributed by atoms with van der Waals surface area (Å²) in [5.41, 5.74) is 3.79. The van der Waals surface area contributed by atoms with Crippen molar-refractivity contribution in [2.45, 2.75) is 45.6 Å². The smallest absolute Gasteiger partial charge is 0.355 e. The Bertz CT molecular complexity index is 1200. The fraction of sp³-hybridized carbons (Fsp3) is 0.259. The summed E-state index contributed by atoms with van der Waals surface area (Å²) in [4.78, 5) is 20.4. The minimum absolute atomic E-state index is 0.0605. The number of unbranched alkanes of at least 4 members (excludes halogenated alkanes) is 2. The van der Waals surface area contributed by atoms with Crippen molar-refractivity contribution in [3.63, 3.8) is 0 Å². The molecule has 0 radical (unpaired) electrons. The van der Waals surface area contributed by atoms with Gasteiger partial charge in [0.25, 0.3) is 0 Å². The van der Waals surface area contributed by atoms with Crippen LogP contribution in [0.2, 0.25) is 0 Å². The van der Waals surface area contributed by atoms with Gasteiger partial charge in [-0.1, -0.05) is 80.4 Å². The van der Waals surface area contributed by atoms with Gasteiger partial charge in [-0.05, 0) is 29.2 Å². The number of aromatic carboxylic acids is 1. The Hall–Kier alpha value is -3.80. The third-order valence-electron chi connectivity index (χ3n) is 5.61. The zero-order valence-electron chi connectivity index (χ0n) is 18.8. The second-order valence-electron chi connectivity index (χ2n) is 8.12. The van der Waals surface area contributed by atoms with Crippen LogP contribution in [0.3, 0.4) is 0 Å². The number of aryl methyl sites for hydroxylation is 1. The van der Waals surface area contributed by atoms with Crippen LogP contribution in [-0.2, 0) is 19.4 Å². The number of carboxylic acids is 1. The molecular weight excluding hydrogens is 412 g/mol. The van der Waals surface area contributed by atoms with E-state index in [1.54, 1.807) is 12.1 Å². The summed E-state index contributed by atoms with van der Waals surface area (Å²) in [7, 11) is 0. The standard InChI is InChI=1S/C27H28N4O2/c1-2-3-5-12-25-29-24(18-20-9-6-4-7-10-20)30-31(25)19-21-13-15-22(16-14-21)23-11-8-17-28-26(23)27(32)33/h4,6-11,13-17H,2-3,5,12,18-19H2,1H3,(H,32,33). The molecule has 2 aromatic heterocycles. The zero-order valence-corrected chi connectivity index (χ0v) is 18.8. The van der Waals surface area contributed by atoms with E-state index in [0.29, 0.717) is 18.5 Å². The Kier molecular flexibility index (Phi) is 7.25. The highest BCUT2D eigenvalue weighted by Crippen LogP contribution is 2.23. The molecule has 0 saturated carbocycles. The molecule has 0 aliphatic rings. The average molecular weight is 441 g/mol. The van der Waals surface area contributed by atoms with E-state index in [1.165, 1.54) is 24.6 Å². The van der Waals surface area contributed by atoms with Crippen LogP contribution >= 0.6 is 0 Å². The molecule has 4 aromatic rings. The van der Waals surface area contributed by atoms with Gasteiger partial charge in [0, 0.05) is 24.6 Å². The SMILES string of the molecule is CCCCCc1nc(Cc2ccccc2)nn1Cc1ccc(-c2cccnc2C(=O)O)cc1. The molecule has 0 saturated heterocycles. The van der Waals surface area contributed by atoms with Gasteiger partial charge in [-0.15, -0.1) is 0 Å². The molecule has 6 nitrogen and oxygen atoms in total. The van der Waals surface area contributed by atoms with Crippen LogP contribution in [0.4, 0.5) is 0 Å². The van der Waals surface area contributed by atoms with Crippen LogP contribution in [0.15, 0.2) is 72.9 Å². The molecule has 0 amide bonds. The number of hydrogen-bond donors (Lipinski definition) is 1. The average Bonchev–Trinajstić information content (AvgIpc) is 3.21. The summed E-state index contributed by atoms with van der Waals surface area (Å²) < 4.78 is 2.01. The lowest BCUT2D eigenvalue weighted by Gasteiger charge is -2.09. The first-order chi connectivity index (χ1) is 16.1. The summed E-state index contributed by atoms with van der Waals surface area (Å²) in [6.45, 7) is 2.83. The van der Waals surface area contributed by atoms with E-state index in [9.17, 15) is 9.90 Å². The summed E-state index contributed by atoms with van der Waals surface area (Å²) in [6, 6.07) is 21.7. The maximum absolute atomic E-state index is 11.5. The molecular formula is C27H28N4O2. The molecule has 0 fully saturated rings. The second-order valence-corrected chi connectivity index (χ2v) is 8.12. The first kappa shape index (κ1) is 22.4. The van der Waals surface area contributed by atoms with Gasteiger partial charge in [-0.3, -0.25) is 0 Å². The molecule has 1 N–H and O–H groups in total. The highest BCUT2D eigenvalue weighted by molar-refractivity contribution is 5.93. The Morgan fingerprint density at radius 1 is 0.939 bits per heavy atom. The molecule has 0 bridgehead atoms. The van der Waals surface area contributed by atoms with Gasteiger partial charge in [0.05, 0.1) is 6.54 Å². The second kappa shape index (κ2) is 10.7. The van der Waals surface area contributed by atoms with E-state index in [4.69, 9.17) is 10.1 Å². The number of aromatic nitrogens is 4. The highest BCUT2D eigenvalue weighted by Gasteiger charge is 2.14. The number of hydrogen-bond acceptors (Lipinski definition) is 4. The topological polar surface area (TPSA) is 80.9 Å². The predicted octanol–water partition coefficient (Wildman–Crippen LogP) is 5.41. The molecule has 6 heteroatoms. The highest BCUT2D eigenvalue weighted by atomic mass is 16.4. The summed E-state index contributed by atoms with van der Waals surface area (Å²) in [5.74, 6) is 0.824. The molecule has 0 atom stereocenters. The Morgan fingerprint density at radius 2 is 1.73 bits per heavy atom. The number of pyridine rings is 1. The normalized spacial score (nSPS) is 10.9. The molecule has 0 aliphatic carbocycles. The van der Waals surface area contributed by atoms with Crippen LogP contribution in [0.25, 0.3) is 11.1 Å². The van der Waals surface area contributed by atoms with Gasteiger partial charge in [0.1, 0.15) is 5.82 Å². The lowest BCUT2D eigenvalue weighted by Crippen LogP contribution is -2.07. The molecule has 168 valence electrons. The minimum Gasteiger partial charge on any atom is -0.476 e. The van der Waals surface area contributed by atoms with Crippen molar-refractivity contribution >= 4 is 5.97 Å². The van der Waals surface area contributed by atoms with Crippen LogP contribution in [0.5, 0.6) is 0 Å². The number of rotatable bonds is 10. The number of carbonyl (C=O) groups is 1. The predicted molar refractivity (Wildman–Crippen MR) is 128 cm³/mol. The van der Waals surface area contributed by atoms with Crippen molar-refractivity contribution in [3.8, 4) is 11.1 Å². The van der Waals surface area contributed by atoms with E-state index in [0.717, 1.165) is 35.6 Å². The van der Waals surface area contributed by atoms with Gasteiger partial charge in [-0.25, -0.2) is 19.4 Å². The molecule has 2 aromatic carbocycles. The lowest BCUT2D eigenvalue weighted by atomic mass is 10.0. The van der Waals surface area contributed by atoms with Crippen molar-refractivity contribution in [1.29, 1.82) is 0 Å². The number of benzene rings is 2. The zero-order chi connectivity index (χ0) is 23.0. The van der Waals surface area contributed by atoms with Crippen molar-refractivity contribution < 1.29 is 9.90 Å². The van der Waals surface area contributed by atoms with Crippen molar-refractivity contribution in [2.24, 2.45) is 0 Å². The van der Waals surface area contributed by atoms with Crippen molar-refractivity contribution in [3.05, 3.63) is 101 Å². The fourth-order valence-electron chi connectivity index (χ4n) is 3.90. The molecule has 0 spiro atoms. The minimum atomic E-state index is -1.03. The third kappa shape index (κ3) is 5.71. The Morgan fingerprint density at radius 3 is 2.45 bits per heavy atom. The Labute approximate surface area is 194 Å². The third-order valence-corrected chi connectivity index (χ3v) is 5.61. The first-order valence-corrected chi connectivity index (χ1v) is 11.4. The summed E-state index contributed by atoms with van der Waals surface area (Å²) in [6.07, 6.45) is 6.56. The van der Waals surface area contributed by atoms with E-state index in [-0.39, 0.29) is 5.69 Å². The lowest BCUT2D eigenvalue weighted by molar-refractivity contribution is 0.0691. The van der Waals surface area contributed by atoms with Crippen LogP contribution in [0, 0.1) is 0 Å². The number of nitrogens with zero attached hydrogens (tertiary/aromatic N) is 4.